The standard InChI is InChI=1S/C15H18N2O2/c1-19-14-9-7-13(8-10-14)15(18)17-16-11-12-5-3-2-4-6-12/h2-3,7-12H,4-6H2,1H3,(H,17,18)/b16-11+. The summed E-state index contributed by atoms with van der Waals surface area (Å²) in [7, 11) is 1.60. The molecule has 0 spiro atoms. The number of carbonyl (C=O) groups excluding carboxylic acids is 1. The molecule has 0 saturated heterocycles. The number of benzene rings is 1. The van der Waals surface area contributed by atoms with Crippen molar-refractivity contribution in [3.63, 3.8) is 0 Å². The molecule has 1 N–H and O–H groups in total. The van der Waals surface area contributed by atoms with Gasteiger partial charge in [0.05, 0.1) is 7.11 Å². The van der Waals surface area contributed by atoms with Gasteiger partial charge in [-0.25, -0.2) is 5.43 Å². The molecule has 0 fully saturated rings. The topological polar surface area (TPSA) is 50.7 Å². The Labute approximate surface area is 113 Å². The second-order valence-electron chi connectivity index (χ2n) is 4.49. The number of nitrogens with one attached hydrogen (secondary N) is 1. The van der Waals surface area contributed by atoms with Gasteiger partial charge in [-0.3, -0.25) is 4.79 Å². The van der Waals surface area contributed by atoms with Crippen molar-refractivity contribution in [1.82, 2.24) is 5.43 Å². The van der Waals surface area contributed by atoms with E-state index in [0.717, 1.165) is 25.0 Å². The summed E-state index contributed by atoms with van der Waals surface area (Å²) in [4.78, 5) is 11.8. The fraction of sp³-hybridized carbons (Fsp3) is 0.333. The molecule has 0 aliphatic heterocycles. The van der Waals surface area contributed by atoms with E-state index in [9.17, 15) is 4.79 Å². The second-order valence-corrected chi connectivity index (χ2v) is 4.49. The van der Waals surface area contributed by atoms with Gasteiger partial charge in [-0.15, -0.1) is 0 Å². The monoisotopic (exact) mass is 258 g/mol. The van der Waals surface area contributed by atoms with Crippen LogP contribution >= 0.6 is 0 Å². The Hall–Kier alpha value is -2.10. The average Bonchev–Trinajstić information content (AvgIpc) is 2.48. The van der Waals surface area contributed by atoms with E-state index in [-0.39, 0.29) is 5.91 Å². The predicted molar refractivity (Wildman–Crippen MR) is 75.4 cm³/mol. The third-order valence-corrected chi connectivity index (χ3v) is 3.11. The summed E-state index contributed by atoms with van der Waals surface area (Å²) in [6, 6.07) is 6.94. The van der Waals surface area contributed by atoms with E-state index in [1.54, 1.807) is 31.4 Å². The number of hydrogen-bond acceptors (Lipinski definition) is 3. The van der Waals surface area contributed by atoms with Gasteiger partial charge in [0.25, 0.3) is 5.91 Å². The van der Waals surface area contributed by atoms with Crippen molar-refractivity contribution in [3.05, 3.63) is 42.0 Å². The zero-order valence-electron chi connectivity index (χ0n) is 11.0. The first-order valence-corrected chi connectivity index (χ1v) is 6.42. The molecular formula is C15H18N2O2. The fourth-order valence-corrected chi connectivity index (χ4v) is 1.96. The third-order valence-electron chi connectivity index (χ3n) is 3.11. The maximum atomic E-state index is 11.8. The summed E-state index contributed by atoms with van der Waals surface area (Å²) in [5, 5.41) is 4.02. The fourth-order valence-electron chi connectivity index (χ4n) is 1.96. The van der Waals surface area contributed by atoms with E-state index in [4.69, 9.17) is 4.74 Å². The van der Waals surface area contributed by atoms with Crippen LogP contribution in [0, 0.1) is 5.92 Å². The molecule has 0 saturated carbocycles. The maximum absolute atomic E-state index is 11.8. The second kappa shape index (κ2) is 6.73. The molecule has 0 heterocycles. The lowest BCUT2D eigenvalue weighted by atomic mass is 9.96. The van der Waals surface area contributed by atoms with Crippen molar-refractivity contribution < 1.29 is 9.53 Å². The SMILES string of the molecule is COc1ccc(C(=O)N/N=C/C2CC=CCC2)cc1. The number of methoxy groups -OCH3 is 1. The quantitative estimate of drug-likeness (QED) is 0.513. The van der Waals surface area contributed by atoms with E-state index in [2.05, 4.69) is 22.7 Å². The molecule has 1 aromatic carbocycles. The minimum Gasteiger partial charge on any atom is -0.497 e. The molecule has 1 atom stereocenters. The van der Waals surface area contributed by atoms with Crippen LogP contribution in [0.5, 0.6) is 5.75 Å². The van der Waals surface area contributed by atoms with E-state index in [0.29, 0.717) is 11.5 Å². The van der Waals surface area contributed by atoms with Crippen molar-refractivity contribution in [2.24, 2.45) is 11.0 Å². The van der Waals surface area contributed by atoms with Gasteiger partial charge >= 0.3 is 0 Å². The summed E-state index contributed by atoms with van der Waals surface area (Å²) in [6.45, 7) is 0. The van der Waals surface area contributed by atoms with Crippen molar-refractivity contribution >= 4 is 12.1 Å². The highest BCUT2D eigenvalue weighted by Gasteiger charge is 2.07. The molecule has 100 valence electrons. The van der Waals surface area contributed by atoms with Crippen LogP contribution in [0.15, 0.2) is 41.5 Å². The van der Waals surface area contributed by atoms with Crippen molar-refractivity contribution in [2.45, 2.75) is 19.3 Å². The number of rotatable bonds is 4. The van der Waals surface area contributed by atoms with Gasteiger partial charge in [0, 0.05) is 11.8 Å². The summed E-state index contributed by atoms with van der Waals surface area (Å²) in [5.41, 5.74) is 3.12. The van der Waals surface area contributed by atoms with Crippen molar-refractivity contribution in [3.8, 4) is 5.75 Å². The number of allylic oxidation sites excluding steroid dienone is 2. The zero-order valence-corrected chi connectivity index (χ0v) is 11.0. The minimum absolute atomic E-state index is 0.203. The maximum Gasteiger partial charge on any atom is 0.271 e. The first-order chi connectivity index (χ1) is 9.29. The van der Waals surface area contributed by atoms with Gasteiger partial charge in [0.1, 0.15) is 5.75 Å². The molecule has 2 rings (SSSR count). The number of nitrogens with zero attached hydrogens (tertiary/aromatic N) is 1. The Bertz CT molecular complexity index is 477. The minimum atomic E-state index is -0.203. The molecule has 4 nitrogen and oxygen atoms in total. The molecule has 1 aliphatic carbocycles. The molecule has 0 bridgehead atoms. The van der Waals surface area contributed by atoms with Gasteiger partial charge < -0.3 is 4.74 Å². The van der Waals surface area contributed by atoms with Crippen LogP contribution < -0.4 is 10.2 Å². The van der Waals surface area contributed by atoms with E-state index < -0.39 is 0 Å². The molecule has 0 aromatic heterocycles. The van der Waals surface area contributed by atoms with Crippen LogP contribution in [-0.2, 0) is 0 Å². The largest absolute Gasteiger partial charge is 0.497 e. The molecule has 1 unspecified atom stereocenters. The van der Waals surface area contributed by atoms with E-state index in [1.807, 2.05) is 6.21 Å². The highest BCUT2D eigenvalue weighted by Crippen LogP contribution is 2.15. The van der Waals surface area contributed by atoms with Gasteiger partial charge in [-0.1, -0.05) is 12.2 Å². The highest BCUT2D eigenvalue weighted by atomic mass is 16.5. The number of amides is 1. The van der Waals surface area contributed by atoms with Gasteiger partial charge in [-0.05, 0) is 49.4 Å². The van der Waals surface area contributed by atoms with Gasteiger partial charge in [-0.2, -0.15) is 5.10 Å². The normalized spacial score (nSPS) is 18.5. The number of hydrazone groups is 1. The Morgan fingerprint density at radius 3 is 2.79 bits per heavy atom. The third kappa shape index (κ3) is 3.95. The van der Waals surface area contributed by atoms with E-state index >= 15 is 0 Å². The molecule has 1 aromatic rings. The first kappa shape index (κ1) is 13.3. The number of carbonyl (C=O) groups is 1. The van der Waals surface area contributed by atoms with Gasteiger partial charge in [0.15, 0.2) is 0 Å². The Kier molecular flexibility index (Phi) is 4.72. The summed E-state index contributed by atoms with van der Waals surface area (Å²) in [6.07, 6.45) is 9.35. The van der Waals surface area contributed by atoms with Gasteiger partial charge in [0.2, 0.25) is 0 Å². The van der Waals surface area contributed by atoms with Crippen LogP contribution in [0.3, 0.4) is 0 Å². The van der Waals surface area contributed by atoms with Crippen molar-refractivity contribution in [2.75, 3.05) is 7.11 Å². The molecule has 1 amide bonds. The van der Waals surface area contributed by atoms with Crippen LogP contribution in [0.1, 0.15) is 29.6 Å². The van der Waals surface area contributed by atoms with Crippen LogP contribution in [0.4, 0.5) is 0 Å². The molecule has 0 radical (unpaired) electrons. The lowest BCUT2D eigenvalue weighted by Gasteiger charge is -2.11. The predicted octanol–water partition coefficient (Wildman–Crippen LogP) is 2.77. The van der Waals surface area contributed by atoms with Crippen LogP contribution in [-0.4, -0.2) is 19.2 Å². The van der Waals surface area contributed by atoms with Crippen molar-refractivity contribution in [1.29, 1.82) is 0 Å². The Balaban J connectivity index is 1.86. The highest BCUT2D eigenvalue weighted by molar-refractivity contribution is 5.94. The Morgan fingerprint density at radius 1 is 1.37 bits per heavy atom. The molecule has 4 heteroatoms. The zero-order chi connectivity index (χ0) is 13.5. The number of hydrogen-bond donors (Lipinski definition) is 1. The lowest BCUT2D eigenvalue weighted by Crippen LogP contribution is -2.18. The summed E-state index contributed by atoms with van der Waals surface area (Å²) >= 11 is 0. The smallest absolute Gasteiger partial charge is 0.271 e. The molecular weight excluding hydrogens is 240 g/mol. The lowest BCUT2D eigenvalue weighted by molar-refractivity contribution is 0.0955. The average molecular weight is 258 g/mol. The summed E-state index contributed by atoms with van der Waals surface area (Å²) < 4.78 is 5.04. The van der Waals surface area contributed by atoms with E-state index in [1.165, 1.54) is 0 Å². The summed E-state index contributed by atoms with van der Waals surface area (Å²) in [5.74, 6) is 0.959. The molecule has 1 aliphatic rings. The number of ether oxygens (including phenoxy) is 1. The van der Waals surface area contributed by atoms with Crippen LogP contribution in [0.25, 0.3) is 0 Å². The van der Waals surface area contributed by atoms with Crippen LogP contribution in [0.2, 0.25) is 0 Å². The first-order valence-electron chi connectivity index (χ1n) is 6.42. The molecule has 19 heavy (non-hydrogen) atoms. The Morgan fingerprint density at radius 2 is 2.16 bits per heavy atom.